The molecule has 2 aromatic carbocycles. The number of rotatable bonds is 12. The Kier molecular flexibility index (Phi) is 12.4. The summed E-state index contributed by atoms with van der Waals surface area (Å²) < 4.78 is 6.85. The average Bonchev–Trinajstić information content (AvgIpc) is 3.63. The van der Waals surface area contributed by atoms with Gasteiger partial charge in [0.05, 0.1) is 5.69 Å². The zero-order valence-electron chi connectivity index (χ0n) is 34.4. The number of hydrogen-bond donors (Lipinski definition) is 0. The molecule has 0 unspecified atom stereocenters. The van der Waals surface area contributed by atoms with E-state index >= 15 is 0 Å². The highest BCUT2D eigenvalue weighted by atomic mass is 16.1. The predicted molar refractivity (Wildman–Crippen MR) is 223 cm³/mol. The van der Waals surface area contributed by atoms with Gasteiger partial charge in [0.25, 0.3) is 11.1 Å². The molecule has 288 valence electrons. The average molecular weight is 735 g/mol. The van der Waals surface area contributed by atoms with Crippen LogP contribution in [0.15, 0.2) is 46.0 Å². The minimum Gasteiger partial charge on any atom is -0.342 e. The van der Waals surface area contributed by atoms with E-state index in [1.807, 2.05) is 20.2 Å². The lowest BCUT2D eigenvalue weighted by Gasteiger charge is -2.24. The maximum atomic E-state index is 13.3. The quantitative estimate of drug-likeness (QED) is 0.130. The molecule has 0 atom stereocenters. The van der Waals surface area contributed by atoms with Crippen LogP contribution >= 0.6 is 0 Å². The van der Waals surface area contributed by atoms with Crippen molar-refractivity contribution in [3.63, 3.8) is 0 Å². The number of benzene rings is 2. The third-order valence-electron chi connectivity index (χ3n) is 9.91. The van der Waals surface area contributed by atoms with Crippen molar-refractivity contribution >= 4 is 34.0 Å². The largest absolute Gasteiger partial charge is 0.342 e. The molecule has 0 N–H and O–H groups in total. The zero-order chi connectivity index (χ0) is 39.4. The molecule has 6 aromatic rings. The van der Waals surface area contributed by atoms with Crippen LogP contribution in [0.3, 0.4) is 0 Å². The van der Waals surface area contributed by atoms with Crippen LogP contribution < -0.4 is 20.9 Å². The lowest BCUT2D eigenvalue weighted by molar-refractivity contribution is 0.681. The maximum Gasteiger partial charge on any atom is 0.266 e. The van der Waals surface area contributed by atoms with Crippen LogP contribution in [0.2, 0.25) is 0 Å². The molecule has 0 aliphatic carbocycles. The van der Waals surface area contributed by atoms with Gasteiger partial charge in [-0.3, -0.25) is 23.4 Å². The van der Waals surface area contributed by atoms with Crippen molar-refractivity contribution in [2.24, 2.45) is 28.2 Å². The molecule has 0 spiro atoms. The van der Waals surface area contributed by atoms with E-state index < -0.39 is 0 Å². The summed E-state index contributed by atoms with van der Waals surface area (Å²) in [5.74, 6) is 1.41. The van der Waals surface area contributed by atoms with Gasteiger partial charge in [0.15, 0.2) is 11.3 Å². The van der Waals surface area contributed by atoms with Crippen LogP contribution in [0.1, 0.15) is 75.6 Å². The third kappa shape index (κ3) is 7.69. The van der Waals surface area contributed by atoms with Gasteiger partial charge < -0.3 is 9.80 Å². The summed E-state index contributed by atoms with van der Waals surface area (Å²) in [7, 11) is 7.35. The predicted octanol–water partition coefficient (Wildman–Crippen LogP) is 7.15. The SMILES string of the molecule is CCCN(CCC)c1nc2c(c(-c3ccc(C)cc3C)nn2C)c(=O)n1C.CCCN(CCC)c1nc2nn(C)c(-c3ccc(C)cc3C)c2c(=O)n1C. The fourth-order valence-electron chi connectivity index (χ4n) is 7.41. The molecule has 6 rings (SSSR count). The summed E-state index contributed by atoms with van der Waals surface area (Å²) >= 11 is 0. The topological polar surface area (TPSA) is 112 Å². The lowest BCUT2D eigenvalue weighted by Crippen LogP contribution is -2.33. The Morgan fingerprint density at radius 1 is 0.574 bits per heavy atom. The molecule has 0 radical (unpaired) electrons. The molecule has 0 fully saturated rings. The molecule has 0 saturated heterocycles. The highest BCUT2D eigenvalue weighted by Gasteiger charge is 2.23. The molecule has 4 heterocycles. The normalized spacial score (nSPS) is 11.3. The molecule has 0 aliphatic rings. The third-order valence-corrected chi connectivity index (χ3v) is 9.91. The van der Waals surface area contributed by atoms with E-state index in [4.69, 9.17) is 9.97 Å². The zero-order valence-corrected chi connectivity index (χ0v) is 34.4. The summed E-state index contributed by atoms with van der Waals surface area (Å²) in [5, 5.41) is 10.4. The van der Waals surface area contributed by atoms with E-state index in [1.54, 1.807) is 32.6 Å². The van der Waals surface area contributed by atoms with E-state index in [1.165, 1.54) is 11.1 Å². The fraction of sp³-hybridized carbons (Fsp3) is 0.476. The Bertz CT molecular complexity index is 2360. The number of aryl methyl sites for hydroxylation is 6. The summed E-state index contributed by atoms with van der Waals surface area (Å²) in [6.07, 6.45) is 4.02. The first-order valence-corrected chi connectivity index (χ1v) is 19.3. The van der Waals surface area contributed by atoms with E-state index in [9.17, 15) is 9.59 Å². The number of hydrogen-bond acceptors (Lipinski definition) is 8. The van der Waals surface area contributed by atoms with Gasteiger partial charge in [-0.05, 0) is 64.5 Å². The molecular formula is C42H58N10O2. The smallest absolute Gasteiger partial charge is 0.266 e. The van der Waals surface area contributed by atoms with Crippen molar-refractivity contribution in [3.8, 4) is 22.5 Å². The molecule has 0 saturated carbocycles. The molecule has 0 aliphatic heterocycles. The van der Waals surface area contributed by atoms with Crippen LogP contribution in [0.4, 0.5) is 11.9 Å². The van der Waals surface area contributed by atoms with Gasteiger partial charge in [0.2, 0.25) is 11.9 Å². The lowest BCUT2D eigenvalue weighted by atomic mass is 10.0. The highest BCUT2D eigenvalue weighted by molar-refractivity contribution is 5.93. The molecular weight excluding hydrogens is 677 g/mol. The summed E-state index contributed by atoms with van der Waals surface area (Å²) in [6.45, 7) is 20.3. The van der Waals surface area contributed by atoms with Crippen molar-refractivity contribution in [1.29, 1.82) is 0 Å². The Morgan fingerprint density at radius 2 is 1.04 bits per heavy atom. The number of nitrogens with zero attached hydrogens (tertiary/aromatic N) is 10. The molecule has 12 heteroatoms. The van der Waals surface area contributed by atoms with Crippen molar-refractivity contribution in [2.45, 2.75) is 81.1 Å². The van der Waals surface area contributed by atoms with Crippen molar-refractivity contribution in [3.05, 3.63) is 79.4 Å². The van der Waals surface area contributed by atoms with Gasteiger partial charge >= 0.3 is 0 Å². The number of anilines is 2. The van der Waals surface area contributed by atoms with Gasteiger partial charge in [-0.15, -0.1) is 0 Å². The summed E-state index contributed by atoms with van der Waals surface area (Å²) in [4.78, 5) is 40.6. The molecule has 4 aromatic heterocycles. The van der Waals surface area contributed by atoms with Crippen LogP contribution in [0.5, 0.6) is 0 Å². The minimum absolute atomic E-state index is 0.0460. The molecule has 0 bridgehead atoms. The van der Waals surface area contributed by atoms with Crippen LogP contribution in [0, 0.1) is 27.7 Å². The molecule has 12 nitrogen and oxygen atoms in total. The van der Waals surface area contributed by atoms with Crippen molar-refractivity contribution in [2.75, 3.05) is 36.0 Å². The highest BCUT2D eigenvalue weighted by Crippen LogP contribution is 2.31. The fourth-order valence-corrected chi connectivity index (χ4v) is 7.41. The first kappa shape index (κ1) is 39.9. The second kappa shape index (κ2) is 16.8. The Hall–Kier alpha value is -5.26. The molecule has 54 heavy (non-hydrogen) atoms. The number of aromatic nitrogens is 8. The van der Waals surface area contributed by atoms with E-state index in [0.717, 1.165) is 79.8 Å². The maximum absolute atomic E-state index is 13.3. The Balaban J connectivity index is 0.000000208. The van der Waals surface area contributed by atoms with Gasteiger partial charge in [-0.2, -0.15) is 20.2 Å². The van der Waals surface area contributed by atoms with Gasteiger partial charge in [-0.25, -0.2) is 4.68 Å². The van der Waals surface area contributed by atoms with Crippen LogP contribution in [-0.4, -0.2) is 64.8 Å². The number of fused-ring (bicyclic) bond motifs is 2. The molecule has 0 amide bonds. The van der Waals surface area contributed by atoms with Gasteiger partial charge in [0, 0.05) is 65.5 Å². The summed E-state index contributed by atoms with van der Waals surface area (Å²) in [5.41, 5.74) is 9.25. The Morgan fingerprint density at radius 3 is 1.52 bits per heavy atom. The Labute approximate surface area is 319 Å². The standard InChI is InChI=1S/2C21H29N5O/c1-7-11-26(12-8-2)21-22-19-17(20(27)24(21)5)18(25(6)23-19)16-10-9-14(3)13-15(16)4;1-7-11-26(12-8-2)21-22-19-17(20(27)24(21)5)18(23-25(19)6)16-10-9-14(3)13-15(16)4/h2*9-10,13H,7-8,11-12H2,1-6H3. The second-order valence-corrected chi connectivity index (χ2v) is 14.5. The van der Waals surface area contributed by atoms with E-state index in [0.29, 0.717) is 39.7 Å². The second-order valence-electron chi connectivity index (χ2n) is 14.5. The van der Waals surface area contributed by atoms with Gasteiger partial charge in [0.1, 0.15) is 16.5 Å². The monoisotopic (exact) mass is 734 g/mol. The van der Waals surface area contributed by atoms with Crippen LogP contribution in [0.25, 0.3) is 44.6 Å². The minimum atomic E-state index is -0.0460. The van der Waals surface area contributed by atoms with E-state index in [2.05, 4.69) is 106 Å². The summed E-state index contributed by atoms with van der Waals surface area (Å²) in [6, 6.07) is 12.5. The van der Waals surface area contributed by atoms with E-state index in [-0.39, 0.29) is 11.1 Å². The first-order chi connectivity index (χ1) is 25.8. The van der Waals surface area contributed by atoms with Crippen molar-refractivity contribution in [1.82, 2.24) is 38.7 Å². The van der Waals surface area contributed by atoms with Crippen LogP contribution in [-0.2, 0) is 28.2 Å². The van der Waals surface area contributed by atoms with Crippen molar-refractivity contribution < 1.29 is 0 Å². The first-order valence-electron chi connectivity index (χ1n) is 19.3. The van der Waals surface area contributed by atoms with Gasteiger partial charge in [-0.1, -0.05) is 75.2 Å².